The van der Waals surface area contributed by atoms with Crippen molar-refractivity contribution in [3.05, 3.63) is 60.3 Å². The lowest BCUT2D eigenvalue weighted by atomic mass is 10.1. The maximum atomic E-state index is 13.2. The number of fused-ring (bicyclic) bond motifs is 1. The highest BCUT2D eigenvalue weighted by molar-refractivity contribution is 5.89. The summed E-state index contributed by atoms with van der Waals surface area (Å²) in [6, 6.07) is 14.4. The molecular weight excluding hydrogens is 474 g/mol. The van der Waals surface area contributed by atoms with Crippen molar-refractivity contribution < 1.29 is 19.0 Å². The van der Waals surface area contributed by atoms with Crippen molar-refractivity contribution in [2.75, 3.05) is 44.5 Å². The normalized spacial score (nSPS) is 15.4. The van der Waals surface area contributed by atoms with Gasteiger partial charge in [0.05, 0.1) is 26.1 Å². The predicted molar refractivity (Wildman–Crippen MR) is 138 cm³/mol. The van der Waals surface area contributed by atoms with Crippen molar-refractivity contribution in [3.8, 4) is 22.8 Å². The van der Waals surface area contributed by atoms with Gasteiger partial charge in [0.1, 0.15) is 12.6 Å². The lowest BCUT2D eigenvalue weighted by molar-refractivity contribution is -0.146. The summed E-state index contributed by atoms with van der Waals surface area (Å²) in [4.78, 5) is 33.1. The van der Waals surface area contributed by atoms with Crippen molar-refractivity contribution in [1.29, 1.82) is 0 Å². The van der Waals surface area contributed by atoms with E-state index in [1.54, 1.807) is 26.5 Å². The van der Waals surface area contributed by atoms with Gasteiger partial charge in [-0.25, -0.2) is 14.8 Å². The molecule has 2 aromatic carbocycles. The third-order valence-corrected chi connectivity index (χ3v) is 6.10. The van der Waals surface area contributed by atoms with Crippen molar-refractivity contribution in [3.63, 3.8) is 0 Å². The Morgan fingerprint density at radius 2 is 1.89 bits per heavy atom. The molecule has 0 saturated carbocycles. The molecule has 37 heavy (non-hydrogen) atoms. The second-order valence-corrected chi connectivity index (χ2v) is 8.41. The van der Waals surface area contributed by atoms with Gasteiger partial charge in [0, 0.05) is 25.2 Å². The Morgan fingerprint density at radius 3 is 2.68 bits per heavy atom. The Morgan fingerprint density at radius 1 is 1.08 bits per heavy atom. The lowest BCUT2D eigenvalue weighted by Crippen LogP contribution is -2.56. The molecule has 4 aromatic rings. The number of anilines is 2. The van der Waals surface area contributed by atoms with Gasteiger partial charge in [-0.3, -0.25) is 0 Å². The first-order chi connectivity index (χ1) is 18.1. The van der Waals surface area contributed by atoms with Crippen molar-refractivity contribution in [2.24, 2.45) is 0 Å². The summed E-state index contributed by atoms with van der Waals surface area (Å²) in [7, 11) is 3.15. The summed E-state index contributed by atoms with van der Waals surface area (Å²) in [6.07, 6.45) is 1.61. The molecular formula is C26H27N7O4. The zero-order valence-electron chi connectivity index (χ0n) is 20.5. The second-order valence-electron chi connectivity index (χ2n) is 8.41. The van der Waals surface area contributed by atoms with Crippen molar-refractivity contribution >= 4 is 28.9 Å². The molecule has 11 heteroatoms. The first-order valence-electron chi connectivity index (χ1n) is 11.8. The standard InChI is InChI=1S/C26H27N7O4/c1-35-20-9-8-17(12-21(20)36-2)18-13-29-23-22(30-18)24(32-26(27)31-23)33-11-10-28-14-19(33)25(34)37-15-16-6-4-3-5-7-16/h3-9,12-13,19,28H,10-11,14-15H2,1-2H3,(H2,27,29,31,32). The number of esters is 1. The molecule has 3 heterocycles. The molecule has 1 unspecified atom stereocenters. The van der Waals surface area contributed by atoms with Crippen LogP contribution in [-0.4, -0.2) is 65.8 Å². The van der Waals surface area contributed by atoms with Crippen LogP contribution in [0.3, 0.4) is 0 Å². The van der Waals surface area contributed by atoms with E-state index in [2.05, 4.69) is 20.3 Å². The highest BCUT2D eigenvalue weighted by atomic mass is 16.5. The summed E-state index contributed by atoms with van der Waals surface area (Å²) in [5.41, 5.74) is 9.06. The third kappa shape index (κ3) is 5.07. The summed E-state index contributed by atoms with van der Waals surface area (Å²) in [6.45, 7) is 1.72. The molecule has 1 atom stereocenters. The monoisotopic (exact) mass is 501 g/mol. The Bertz CT molecular complexity index is 1420. The van der Waals surface area contributed by atoms with E-state index in [1.165, 1.54) is 0 Å². The quantitative estimate of drug-likeness (QED) is 0.361. The fourth-order valence-electron chi connectivity index (χ4n) is 4.24. The number of nitrogens with one attached hydrogen (secondary N) is 1. The van der Waals surface area contributed by atoms with Crippen LogP contribution in [0, 0.1) is 0 Å². The van der Waals surface area contributed by atoms with Crippen LogP contribution in [-0.2, 0) is 16.1 Å². The summed E-state index contributed by atoms with van der Waals surface area (Å²) in [5, 5.41) is 3.26. The van der Waals surface area contributed by atoms with Gasteiger partial charge in [-0.05, 0) is 23.8 Å². The zero-order chi connectivity index (χ0) is 25.8. The van der Waals surface area contributed by atoms with Gasteiger partial charge >= 0.3 is 5.97 Å². The molecule has 0 amide bonds. The maximum Gasteiger partial charge on any atom is 0.330 e. The zero-order valence-corrected chi connectivity index (χ0v) is 20.5. The highest BCUT2D eigenvalue weighted by Crippen LogP contribution is 2.33. The number of benzene rings is 2. The minimum Gasteiger partial charge on any atom is -0.493 e. The smallest absolute Gasteiger partial charge is 0.330 e. The molecule has 0 bridgehead atoms. The lowest BCUT2D eigenvalue weighted by Gasteiger charge is -2.35. The highest BCUT2D eigenvalue weighted by Gasteiger charge is 2.33. The van der Waals surface area contributed by atoms with Gasteiger partial charge < -0.3 is 30.2 Å². The number of nitrogen functional groups attached to an aromatic ring is 1. The van der Waals surface area contributed by atoms with Crippen LogP contribution in [0.2, 0.25) is 0 Å². The van der Waals surface area contributed by atoms with E-state index in [0.29, 0.717) is 53.8 Å². The fourth-order valence-corrected chi connectivity index (χ4v) is 4.24. The predicted octanol–water partition coefficient (Wildman–Crippen LogP) is 2.21. The summed E-state index contributed by atoms with van der Waals surface area (Å²) < 4.78 is 16.4. The van der Waals surface area contributed by atoms with Gasteiger partial charge in [-0.15, -0.1) is 0 Å². The molecule has 0 aliphatic carbocycles. The fraction of sp³-hybridized carbons (Fsp3) is 0.269. The average molecular weight is 502 g/mol. The van der Waals surface area contributed by atoms with Gasteiger partial charge in [0.15, 0.2) is 28.5 Å². The Kier molecular flexibility index (Phi) is 6.95. The van der Waals surface area contributed by atoms with Gasteiger partial charge in [-0.1, -0.05) is 30.3 Å². The van der Waals surface area contributed by atoms with E-state index in [0.717, 1.165) is 11.1 Å². The van der Waals surface area contributed by atoms with Crippen molar-refractivity contribution in [2.45, 2.75) is 12.6 Å². The van der Waals surface area contributed by atoms with Gasteiger partial charge in [0.25, 0.3) is 0 Å². The van der Waals surface area contributed by atoms with Crippen LogP contribution in [0.5, 0.6) is 11.5 Å². The van der Waals surface area contributed by atoms with E-state index in [9.17, 15) is 4.79 Å². The van der Waals surface area contributed by atoms with Crippen LogP contribution >= 0.6 is 0 Å². The molecule has 2 aromatic heterocycles. The van der Waals surface area contributed by atoms with E-state index >= 15 is 0 Å². The largest absolute Gasteiger partial charge is 0.493 e. The molecule has 0 radical (unpaired) electrons. The number of rotatable bonds is 7. The van der Waals surface area contributed by atoms with E-state index in [4.69, 9.17) is 24.9 Å². The average Bonchev–Trinajstić information content (AvgIpc) is 2.95. The molecule has 1 aliphatic heterocycles. The Labute approximate surface area is 213 Å². The topological polar surface area (TPSA) is 138 Å². The van der Waals surface area contributed by atoms with E-state index < -0.39 is 6.04 Å². The minimum absolute atomic E-state index is 0.0469. The number of aromatic nitrogens is 4. The molecule has 190 valence electrons. The van der Waals surface area contributed by atoms with Crippen molar-refractivity contribution in [1.82, 2.24) is 25.3 Å². The maximum absolute atomic E-state index is 13.2. The number of nitrogens with zero attached hydrogens (tertiary/aromatic N) is 5. The third-order valence-electron chi connectivity index (χ3n) is 6.10. The number of methoxy groups -OCH3 is 2. The van der Waals surface area contributed by atoms with E-state index in [-0.39, 0.29) is 18.5 Å². The van der Waals surface area contributed by atoms with Crippen LogP contribution in [0.4, 0.5) is 11.8 Å². The molecule has 3 N–H and O–H groups in total. The molecule has 1 aliphatic rings. The van der Waals surface area contributed by atoms with E-state index in [1.807, 2.05) is 47.4 Å². The van der Waals surface area contributed by atoms with Crippen LogP contribution in [0.25, 0.3) is 22.4 Å². The minimum atomic E-state index is -0.624. The SMILES string of the molecule is COc1ccc(-c2cnc3nc(N)nc(N4CCNCC4C(=O)OCc4ccccc4)c3n2)cc1OC. The molecule has 0 spiro atoms. The Hall–Kier alpha value is -4.51. The van der Waals surface area contributed by atoms with Gasteiger partial charge in [-0.2, -0.15) is 9.97 Å². The first kappa shape index (κ1) is 24.2. The summed E-state index contributed by atoms with van der Waals surface area (Å²) >= 11 is 0. The van der Waals surface area contributed by atoms with Crippen LogP contribution in [0.15, 0.2) is 54.7 Å². The number of carbonyl (C=O) groups is 1. The Balaban J connectivity index is 1.50. The molecule has 11 nitrogen and oxygen atoms in total. The number of hydrogen-bond donors (Lipinski definition) is 2. The molecule has 5 rings (SSSR count). The number of piperazine rings is 1. The second kappa shape index (κ2) is 10.6. The van der Waals surface area contributed by atoms with Gasteiger partial charge in [0.2, 0.25) is 5.95 Å². The molecule has 1 saturated heterocycles. The molecule has 1 fully saturated rings. The number of ether oxygens (including phenoxy) is 3. The van der Waals surface area contributed by atoms with Crippen LogP contribution < -0.4 is 25.4 Å². The number of carbonyl (C=O) groups excluding carboxylic acids is 1. The first-order valence-corrected chi connectivity index (χ1v) is 11.8. The summed E-state index contributed by atoms with van der Waals surface area (Å²) in [5.74, 6) is 1.28. The van der Waals surface area contributed by atoms with Crippen LogP contribution in [0.1, 0.15) is 5.56 Å². The number of nitrogens with two attached hydrogens (primary N) is 1. The number of hydrogen-bond acceptors (Lipinski definition) is 11.